The van der Waals surface area contributed by atoms with Crippen LogP contribution in [0, 0.1) is 6.92 Å². The first-order valence-electron chi connectivity index (χ1n) is 12.7. The second kappa shape index (κ2) is 13.6. The van der Waals surface area contributed by atoms with Crippen molar-refractivity contribution in [3.05, 3.63) is 93.5 Å². The van der Waals surface area contributed by atoms with Crippen molar-refractivity contribution in [3.8, 4) is 17.2 Å². The smallest absolute Gasteiger partial charge is 0.303 e. The van der Waals surface area contributed by atoms with Crippen LogP contribution >= 0.6 is 11.3 Å². The monoisotopic (exact) mass is 532 g/mol. The molecule has 8 heteroatoms. The predicted octanol–water partition coefficient (Wildman–Crippen LogP) is 5.99. The number of carbonyl (C=O) groups is 2. The van der Waals surface area contributed by atoms with Crippen LogP contribution in [0.3, 0.4) is 0 Å². The van der Waals surface area contributed by atoms with Gasteiger partial charge in [-0.05, 0) is 73.0 Å². The lowest BCUT2D eigenvalue weighted by Crippen LogP contribution is -2.23. The summed E-state index contributed by atoms with van der Waals surface area (Å²) in [5.74, 6) is 1.14. The molecule has 198 valence electrons. The van der Waals surface area contributed by atoms with Gasteiger partial charge >= 0.3 is 5.97 Å². The number of nitrogens with zero attached hydrogens (tertiary/aromatic N) is 1. The second-order valence-corrected chi connectivity index (χ2v) is 10.1. The number of benzene rings is 2. The van der Waals surface area contributed by atoms with Gasteiger partial charge in [0, 0.05) is 36.2 Å². The fraction of sp³-hybridized carbons (Fsp3) is 0.300. The molecule has 0 saturated carbocycles. The van der Waals surface area contributed by atoms with Gasteiger partial charge in [-0.15, -0.1) is 11.3 Å². The van der Waals surface area contributed by atoms with Crippen LogP contribution in [0.25, 0.3) is 11.5 Å². The van der Waals surface area contributed by atoms with Gasteiger partial charge < -0.3 is 19.6 Å². The Labute approximate surface area is 226 Å². The topological polar surface area (TPSA) is 102 Å². The number of aryl methyl sites for hydroxylation is 3. The molecule has 2 aromatic heterocycles. The van der Waals surface area contributed by atoms with Crippen LogP contribution < -0.4 is 10.1 Å². The molecular formula is C30H32N2O5S. The van der Waals surface area contributed by atoms with Gasteiger partial charge in [0.05, 0.1) is 12.3 Å². The number of aliphatic carboxylic acids is 1. The average molecular weight is 533 g/mol. The fourth-order valence-electron chi connectivity index (χ4n) is 4.13. The van der Waals surface area contributed by atoms with Crippen LogP contribution in [0.1, 0.15) is 46.7 Å². The van der Waals surface area contributed by atoms with Crippen molar-refractivity contribution in [2.24, 2.45) is 0 Å². The molecule has 0 aliphatic carbocycles. The molecule has 0 aliphatic heterocycles. The number of thiophene rings is 1. The number of hydrogen-bond donors (Lipinski definition) is 2. The molecule has 0 atom stereocenters. The van der Waals surface area contributed by atoms with E-state index in [0.29, 0.717) is 44.1 Å². The quantitative estimate of drug-likeness (QED) is 0.207. The van der Waals surface area contributed by atoms with Crippen LogP contribution in [0.4, 0.5) is 0 Å². The van der Waals surface area contributed by atoms with Crippen LogP contribution in [0.2, 0.25) is 0 Å². The lowest BCUT2D eigenvalue weighted by molar-refractivity contribution is -0.137. The van der Waals surface area contributed by atoms with Crippen molar-refractivity contribution in [2.45, 2.75) is 52.0 Å². The molecule has 38 heavy (non-hydrogen) atoms. The zero-order valence-corrected chi connectivity index (χ0v) is 22.3. The molecule has 2 heterocycles. The van der Waals surface area contributed by atoms with Crippen molar-refractivity contribution in [1.82, 2.24) is 10.3 Å². The second-order valence-electron chi connectivity index (χ2n) is 9.02. The molecular weight excluding hydrogens is 500 g/mol. The van der Waals surface area contributed by atoms with Gasteiger partial charge in [0.2, 0.25) is 11.8 Å². The lowest BCUT2D eigenvalue weighted by Gasteiger charge is -2.13. The lowest BCUT2D eigenvalue weighted by atomic mass is 10.0. The van der Waals surface area contributed by atoms with E-state index in [1.165, 1.54) is 4.88 Å². The number of oxazole rings is 1. The van der Waals surface area contributed by atoms with Crippen molar-refractivity contribution in [2.75, 3.05) is 6.61 Å². The number of carboxylic acid groups (broad SMARTS) is 1. The molecule has 0 spiro atoms. The normalized spacial score (nSPS) is 10.9. The Morgan fingerprint density at radius 3 is 2.61 bits per heavy atom. The standard InChI is InChI=1S/C30H32N2O5S/c1-21-27(32-30(37-21)23-7-3-2-4-8-23)16-17-36-25-14-12-22(13-15-29(34)35)24(19-25)20-31-28(33)11-5-9-26-10-6-18-38-26/h2-4,6-8,10,12,14,18-19H,5,9,11,13,15-17,20H2,1H3,(H,31,33)(H,34,35). The highest BCUT2D eigenvalue weighted by molar-refractivity contribution is 7.09. The summed E-state index contributed by atoms with van der Waals surface area (Å²) in [4.78, 5) is 29.4. The summed E-state index contributed by atoms with van der Waals surface area (Å²) in [5, 5.41) is 14.1. The number of rotatable bonds is 14. The number of aromatic nitrogens is 1. The van der Waals surface area contributed by atoms with Crippen molar-refractivity contribution in [3.63, 3.8) is 0 Å². The summed E-state index contributed by atoms with van der Waals surface area (Å²) in [6.07, 6.45) is 3.11. The highest BCUT2D eigenvalue weighted by Crippen LogP contribution is 2.23. The van der Waals surface area contributed by atoms with E-state index in [4.69, 9.17) is 14.3 Å². The number of nitrogens with one attached hydrogen (secondary N) is 1. The largest absolute Gasteiger partial charge is 0.493 e. The van der Waals surface area contributed by atoms with E-state index in [1.807, 2.05) is 66.9 Å². The molecule has 2 aromatic carbocycles. The fourth-order valence-corrected chi connectivity index (χ4v) is 4.88. The zero-order valence-electron chi connectivity index (χ0n) is 21.4. The Morgan fingerprint density at radius 1 is 1.00 bits per heavy atom. The molecule has 0 aliphatic rings. The van der Waals surface area contributed by atoms with Gasteiger partial charge in [-0.25, -0.2) is 4.98 Å². The molecule has 1 amide bonds. The Morgan fingerprint density at radius 2 is 1.84 bits per heavy atom. The van der Waals surface area contributed by atoms with E-state index < -0.39 is 5.97 Å². The summed E-state index contributed by atoms with van der Waals surface area (Å²) in [7, 11) is 0. The molecule has 0 unspecified atom stereocenters. The summed E-state index contributed by atoms with van der Waals surface area (Å²) < 4.78 is 11.8. The summed E-state index contributed by atoms with van der Waals surface area (Å²) in [5.41, 5.74) is 3.52. The maximum Gasteiger partial charge on any atom is 0.303 e. The molecule has 0 bridgehead atoms. The molecule has 0 fully saturated rings. The maximum atomic E-state index is 12.4. The zero-order chi connectivity index (χ0) is 26.7. The summed E-state index contributed by atoms with van der Waals surface area (Å²) in [6.45, 7) is 2.63. The van der Waals surface area contributed by atoms with Crippen LogP contribution in [-0.2, 0) is 35.4 Å². The molecule has 4 rings (SSSR count). The third-order valence-corrected chi connectivity index (χ3v) is 7.13. The van der Waals surface area contributed by atoms with Gasteiger partial charge in [-0.2, -0.15) is 0 Å². The minimum atomic E-state index is -0.855. The molecule has 0 saturated heterocycles. The predicted molar refractivity (Wildman–Crippen MR) is 147 cm³/mol. The van der Waals surface area contributed by atoms with Gasteiger partial charge in [-0.3, -0.25) is 9.59 Å². The van der Waals surface area contributed by atoms with Gasteiger partial charge in [-0.1, -0.05) is 30.3 Å². The van der Waals surface area contributed by atoms with Crippen molar-refractivity contribution in [1.29, 1.82) is 0 Å². The number of hydrogen-bond acceptors (Lipinski definition) is 6. The van der Waals surface area contributed by atoms with Gasteiger partial charge in [0.15, 0.2) is 0 Å². The number of amides is 1. The van der Waals surface area contributed by atoms with E-state index in [-0.39, 0.29) is 12.3 Å². The Hall–Kier alpha value is -3.91. The number of carboxylic acids is 1. The summed E-state index contributed by atoms with van der Waals surface area (Å²) in [6, 6.07) is 19.5. The highest BCUT2D eigenvalue weighted by atomic mass is 32.1. The minimum absolute atomic E-state index is 0.0206. The number of ether oxygens (including phenoxy) is 1. The van der Waals surface area contributed by atoms with E-state index in [1.54, 1.807) is 11.3 Å². The Kier molecular flexibility index (Phi) is 9.70. The van der Waals surface area contributed by atoms with Crippen LogP contribution in [0.15, 0.2) is 70.5 Å². The van der Waals surface area contributed by atoms with E-state index >= 15 is 0 Å². The average Bonchev–Trinajstić information content (AvgIpc) is 3.57. The maximum absolute atomic E-state index is 12.4. The third-order valence-electron chi connectivity index (χ3n) is 6.19. The van der Waals surface area contributed by atoms with Gasteiger partial charge in [0.1, 0.15) is 11.5 Å². The molecule has 0 radical (unpaired) electrons. The summed E-state index contributed by atoms with van der Waals surface area (Å²) >= 11 is 1.70. The van der Waals surface area contributed by atoms with E-state index in [2.05, 4.69) is 16.4 Å². The van der Waals surface area contributed by atoms with E-state index in [0.717, 1.165) is 41.0 Å². The van der Waals surface area contributed by atoms with Crippen molar-refractivity contribution < 1.29 is 23.8 Å². The van der Waals surface area contributed by atoms with Crippen LogP contribution in [-0.4, -0.2) is 28.6 Å². The van der Waals surface area contributed by atoms with Crippen molar-refractivity contribution >= 4 is 23.2 Å². The first kappa shape index (κ1) is 27.1. The number of carbonyl (C=O) groups excluding carboxylic acids is 1. The molecule has 4 aromatic rings. The third kappa shape index (κ3) is 8.05. The first-order chi connectivity index (χ1) is 18.5. The molecule has 2 N–H and O–H groups in total. The highest BCUT2D eigenvalue weighted by Gasteiger charge is 2.13. The van der Waals surface area contributed by atoms with Gasteiger partial charge in [0.25, 0.3) is 0 Å². The van der Waals surface area contributed by atoms with Crippen LogP contribution in [0.5, 0.6) is 5.75 Å². The first-order valence-corrected chi connectivity index (χ1v) is 13.6. The minimum Gasteiger partial charge on any atom is -0.493 e. The molecule has 7 nitrogen and oxygen atoms in total. The SMILES string of the molecule is Cc1oc(-c2ccccc2)nc1CCOc1ccc(CCC(=O)O)c(CNC(=O)CCCc2cccs2)c1. The Balaban J connectivity index is 1.33. The van der Waals surface area contributed by atoms with E-state index in [9.17, 15) is 9.59 Å². The Bertz CT molecular complexity index is 1330.